The minimum absolute atomic E-state index is 0.00942. The van der Waals surface area contributed by atoms with Gasteiger partial charge in [-0.3, -0.25) is 14.2 Å². The number of amides is 1. The molecule has 1 aromatic heterocycles. The maximum absolute atomic E-state index is 12.7. The molecule has 0 saturated carbocycles. The van der Waals surface area contributed by atoms with Crippen molar-refractivity contribution >= 4 is 5.91 Å². The van der Waals surface area contributed by atoms with Gasteiger partial charge in [-0.2, -0.15) is 5.26 Å². The standard InChI is InChI=1S/C18H22N4O3/c1-2-20(13-7-4-3-5-8-13)16(23)12-22-17(24)14(11-19)15-9-6-10-21(15)18(22)25/h7H,2-6,8-10,12H2,1H3. The van der Waals surface area contributed by atoms with Gasteiger partial charge in [0.1, 0.15) is 18.2 Å². The van der Waals surface area contributed by atoms with Gasteiger partial charge < -0.3 is 4.90 Å². The third-order valence-corrected chi connectivity index (χ3v) is 4.97. The van der Waals surface area contributed by atoms with Gasteiger partial charge in [-0.05, 0) is 45.4 Å². The summed E-state index contributed by atoms with van der Waals surface area (Å²) < 4.78 is 2.38. The first-order valence-electron chi connectivity index (χ1n) is 8.84. The Hall–Kier alpha value is -2.62. The van der Waals surface area contributed by atoms with E-state index >= 15 is 0 Å². The predicted octanol–water partition coefficient (Wildman–Crippen LogP) is 1.13. The fourth-order valence-corrected chi connectivity index (χ4v) is 3.71. The number of nitrogens with zero attached hydrogens (tertiary/aromatic N) is 4. The van der Waals surface area contributed by atoms with Crippen LogP contribution in [0.5, 0.6) is 0 Å². The summed E-state index contributed by atoms with van der Waals surface area (Å²) in [6, 6.07) is 1.91. The minimum Gasteiger partial charge on any atom is -0.315 e. The summed E-state index contributed by atoms with van der Waals surface area (Å²) in [5.74, 6) is -0.280. The topological polar surface area (TPSA) is 88.1 Å². The fourth-order valence-electron chi connectivity index (χ4n) is 3.71. The van der Waals surface area contributed by atoms with E-state index in [1.165, 1.54) is 4.57 Å². The molecule has 2 heterocycles. The molecule has 7 nitrogen and oxygen atoms in total. The van der Waals surface area contributed by atoms with E-state index in [-0.39, 0.29) is 18.0 Å². The summed E-state index contributed by atoms with van der Waals surface area (Å²) in [5, 5.41) is 9.31. The van der Waals surface area contributed by atoms with Gasteiger partial charge in [0.05, 0.1) is 0 Å². The van der Waals surface area contributed by atoms with E-state index in [1.54, 1.807) is 4.90 Å². The Kier molecular flexibility index (Phi) is 4.88. The zero-order valence-electron chi connectivity index (χ0n) is 14.5. The summed E-state index contributed by atoms with van der Waals surface area (Å²) in [6.07, 6.45) is 7.28. The minimum atomic E-state index is -0.650. The molecule has 0 spiro atoms. The lowest BCUT2D eigenvalue weighted by molar-refractivity contribution is -0.130. The second kappa shape index (κ2) is 7.09. The number of carbonyl (C=O) groups excluding carboxylic acids is 1. The monoisotopic (exact) mass is 342 g/mol. The van der Waals surface area contributed by atoms with Crippen LogP contribution in [0.3, 0.4) is 0 Å². The van der Waals surface area contributed by atoms with Crippen molar-refractivity contribution in [2.75, 3.05) is 6.54 Å². The first kappa shape index (κ1) is 17.2. The van der Waals surface area contributed by atoms with E-state index in [2.05, 4.69) is 6.08 Å². The second-order valence-electron chi connectivity index (χ2n) is 6.44. The van der Waals surface area contributed by atoms with E-state index in [0.717, 1.165) is 42.4 Å². The maximum atomic E-state index is 12.7. The molecular formula is C18H22N4O3. The number of aromatic nitrogens is 2. The van der Waals surface area contributed by atoms with Crippen LogP contribution in [0.4, 0.5) is 0 Å². The number of fused-ring (bicyclic) bond motifs is 1. The predicted molar refractivity (Wildman–Crippen MR) is 91.9 cm³/mol. The van der Waals surface area contributed by atoms with E-state index < -0.39 is 11.2 Å². The molecule has 1 aliphatic carbocycles. The Morgan fingerprint density at radius 3 is 2.72 bits per heavy atom. The molecular weight excluding hydrogens is 320 g/mol. The third-order valence-electron chi connectivity index (χ3n) is 4.97. The molecule has 7 heteroatoms. The van der Waals surface area contributed by atoms with Gasteiger partial charge in [-0.25, -0.2) is 9.36 Å². The van der Waals surface area contributed by atoms with Crippen LogP contribution in [-0.2, 0) is 24.3 Å². The lowest BCUT2D eigenvalue weighted by Crippen LogP contribution is -2.46. The third kappa shape index (κ3) is 3.04. The average molecular weight is 342 g/mol. The van der Waals surface area contributed by atoms with Crippen molar-refractivity contribution in [3.8, 4) is 6.07 Å². The smallest absolute Gasteiger partial charge is 0.315 e. The van der Waals surface area contributed by atoms with Crippen LogP contribution in [0.25, 0.3) is 0 Å². The number of nitriles is 1. The summed E-state index contributed by atoms with van der Waals surface area (Å²) in [6.45, 7) is 2.54. The molecule has 1 aromatic rings. The number of carbonyl (C=O) groups is 1. The van der Waals surface area contributed by atoms with Crippen LogP contribution in [0, 0.1) is 11.3 Å². The highest BCUT2D eigenvalue weighted by molar-refractivity contribution is 5.78. The molecule has 0 unspecified atom stereocenters. The van der Waals surface area contributed by atoms with E-state index in [9.17, 15) is 19.6 Å². The van der Waals surface area contributed by atoms with E-state index in [1.807, 2.05) is 13.0 Å². The molecule has 3 rings (SSSR count). The van der Waals surface area contributed by atoms with Crippen molar-refractivity contribution in [2.45, 2.75) is 58.5 Å². The molecule has 1 aliphatic heterocycles. The number of rotatable bonds is 4. The first-order chi connectivity index (χ1) is 12.1. The summed E-state index contributed by atoms with van der Waals surface area (Å²) in [5.41, 5.74) is 0.322. The number of likely N-dealkylation sites (N-methyl/N-ethyl adjacent to an activating group) is 1. The van der Waals surface area contributed by atoms with Crippen LogP contribution in [0.15, 0.2) is 21.4 Å². The highest BCUT2D eigenvalue weighted by atomic mass is 16.2. The molecule has 2 aliphatic rings. The summed E-state index contributed by atoms with van der Waals surface area (Å²) >= 11 is 0. The lowest BCUT2D eigenvalue weighted by atomic mass is 10.0. The Labute approximate surface area is 145 Å². The van der Waals surface area contributed by atoms with Gasteiger partial charge >= 0.3 is 5.69 Å². The van der Waals surface area contributed by atoms with Gasteiger partial charge in [-0.1, -0.05) is 6.08 Å². The van der Waals surface area contributed by atoms with Crippen molar-refractivity contribution in [3.63, 3.8) is 0 Å². The largest absolute Gasteiger partial charge is 0.331 e. The number of hydrogen-bond donors (Lipinski definition) is 0. The van der Waals surface area contributed by atoms with E-state index in [0.29, 0.717) is 25.2 Å². The summed E-state index contributed by atoms with van der Waals surface area (Å²) in [7, 11) is 0. The SMILES string of the molecule is CCN(C(=O)Cn1c(=O)c(C#N)c2n(c1=O)CCC2)C1=CCCCC1. The van der Waals surface area contributed by atoms with Crippen molar-refractivity contribution in [1.82, 2.24) is 14.0 Å². The molecule has 0 aromatic carbocycles. The highest BCUT2D eigenvalue weighted by Crippen LogP contribution is 2.21. The fraction of sp³-hybridized carbons (Fsp3) is 0.556. The second-order valence-corrected chi connectivity index (χ2v) is 6.44. The van der Waals surface area contributed by atoms with Crippen LogP contribution in [0.2, 0.25) is 0 Å². The van der Waals surface area contributed by atoms with Gasteiger partial charge in [0.2, 0.25) is 5.91 Å². The van der Waals surface area contributed by atoms with Gasteiger partial charge in [-0.15, -0.1) is 0 Å². The molecule has 0 bridgehead atoms. The summed E-state index contributed by atoms with van der Waals surface area (Å²) in [4.78, 5) is 39.5. The van der Waals surface area contributed by atoms with Crippen molar-refractivity contribution in [2.24, 2.45) is 0 Å². The van der Waals surface area contributed by atoms with Crippen LogP contribution >= 0.6 is 0 Å². The average Bonchev–Trinajstić information content (AvgIpc) is 3.10. The molecule has 0 atom stereocenters. The maximum Gasteiger partial charge on any atom is 0.331 e. The Bertz CT molecular complexity index is 885. The molecule has 0 N–H and O–H groups in total. The normalized spacial score (nSPS) is 16.1. The van der Waals surface area contributed by atoms with Crippen LogP contribution in [-0.4, -0.2) is 26.5 Å². The van der Waals surface area contributed by atoms with Crippen molar-refractivity contribution < 1.29 is 4.79 Å². The Morgan fingerprint density at radius 2 is 2.08 bits per heavy atom. The first-order valence-corrected chi connectivity index (χ1v) is 8.84. The molecule has 25 heavy (non-hydrogen) atoms. The molecule has 0 radical (unpaired) electrons. The molecule has 132 valence electrons. The Morgan fingerprint density at radius 1 is 1.28 bits per heavy atom. The molecule has 0 fully saturated rings. The number of hydrogen-bond acceptors (Lipinski definition) is 4. The number of allylic oxidation sites excluding steroid dienone is 2. The van der Waals surface area contributed by atoms with Gasteiger partial charge in [0, 0.05) is 24.5 Å². The Balaban J connectivity index is 1.97. The van der Waals surface area contributed by atoms with Crippen molar-refractivity contribution in [3.05, 3.63) is 43.9 Å². The van der Waals surface area contributed by atoms with Crippen LogP contribution < -0.4 is 11.2 Å². The zero-order chi connectivity index (χ0) is 18.0. The van der Waals surface area contributed by atoms with Crippen molar-refractivity contribution in [1.29, 1.82) is 5.26 Å². The highest BCUT2D eigenvalue weighted by Gasteiger charge is 2.25. The molecule has 1 amide bonds. The van der Waals surface area contributed by atoms with Gasteiger partial charge in [0.25, 0.3) is 5.56 Å². The van der Waals surface area contributed by atoms with E-state index in [4.69, 9.17) is 0 Å². The quantitative estimate of drug-likeness (QED) is 0.821. The molecule has 0 saturated heterocycles. The van der Waals surface area contributed by atoms with Gasteiger partial charge in [0.15, 0.2) is 0 Å². The van der Waals surface area contributed by atoms with Crippen LogP contribution in [0.1, 0.15) is 50.3 Å². The lowest BCUT2D eigenvalue weighted by Gasteiger charge is -2.26. The zero-order valence-corrected chi connectivity index (χ0v) is 14.5.